The fourth-order valence-electron chi connectivity index (χ4n) is 1.09. The quantitative estimate of drug-likeness (QED) is 0.753. The fraction of sp³-hybridized carbons (Fsp3) is 0.111. The van der Waals surface area contributed by atoms with Crippen LogP contribution in [0, 0.1) is 12.7 Å². The van der Waals surface area contributed by atoms with Gasteiger partial charge in [0.2, 0.25) is 5.89 Å². The Morgan fingerprint density at radius 2 is 2.14 bits per heavy atom. The van der Waals surface area contributed by atoms with Crippen molar-refractivity contribution in [1.82, 2.24) is 10.2 Å². The molecular formula is C9H7FN2O2. The predicted molar refractivity (Wildman–Crippen MR) is 46.1 cm³/mol. The van der Waals surface area contributed by atoms with E-state index in [2.05, 4.69) is 10.2 Å². The number of aromatic hydroxyl groups is 1. The van der Waals surface area contributed by atoms with E-state index in [1.54, 1.807) is 6.92 Å². The van der Waals surface area contributed by atoms with Crippen LogP contribution in [-0.2, 0) is 0 Å². The third-order valence-electron chi connectivity index (χ3n) is 1.72. The topological polar surface area (TPSA) is 59.2 Å². The van der Waals surface area contributed by atoms with Crippen molar-refractivity contribution < 1.29 is 13.9 Å². The summed E-state index contributed by atoms with van der Waals surface area (Å²) in [6.07, 6.45) is 0. The Hall–Kier alpha value is -1.91. The van der Waals surface area contributed by atoms with Gasteiger partial charge < -0.3 is 9.52 Å². The number of phenolic OH excluding ortho intramolecular Hbond substituents is 1. The minimum absolute atomic E-state index is 0.181. The number of hydrogen-bond donors (Lipinski definition) is 1. The zero-order valence-electron chi connectivity index (χ0n) is 7.36. The van der Waals surface area contributed by atoms with E-state index in [1.165, 1.54) is 12.1 Å². The number of rotatable bonds is 1. The van der Waals surface area contributed by atoms with E-state index >= 15 is 0 Å². The molecule has 0 unspecified atom stereocenters. The SMILES string of the molecule is Cc1nnc(-c2ccc(F)cc2O)o1. The lowest BCUT2D eigenvalue weighted by Gasteiger charge is -1.98. The summed E-state index contributed by atoms with van der Waals surface area (Å²) in [5, 5.41) is 16.7. The number of halogens is 1. The van der Waals surface area contributed by atoms with E-state index < -0.39 is 5.82 Å². The molecule has 2 aromatic rings. The molecule has 0 amide bonds. The summed E-state index contributed by atoms with van der Waals surface area (Å²) in [6, 6.07) is 3.60. The first kappa shape index (κ1) is 8.68. The highest BCUT2D eigenvalue weighted by Gasteiger charge is 2.11. The van der Waals surface area contributed by atoms with Crippen molar-refractivity contribution >= 4 is 0 Å². The van der Waals surface area contributed by atoms with Gasteiger partial charge in [-0.3, -0.25) is 0 Å². The first-order valence-electron chi connectivity index (χ1n) is 3.96. The molecule has 5 heteroatoms. The number of nitrogens with zero attached hydrogens (tertiary/aromatic N) is 2. The second-order valence-electron chi connectivity index (χ2n) is 2.79. The molecule has 72 valence electrons. The zero-order chi connectivity index (χ0) is 10.1. The minimum atomic E-state index is -0.512. The van der Waals surface area contributed by atoms with Gasteiger partial charge in [-0.25, -0.2) is 4.39 Å². The molecule has 1 aromatic carbocycles. The maximum absolute atomic E-state index is 12.6. The number of phenols is 1. The van der Waals surface area contributed by atoms with Crippen molar-refractivity contribution in [3.8, 4) is 17.2 Å². The van der Waals surface area contributed by atoms with Gasteiger partial charge in [0.1, 0.15) is 11.6 Å². The van der Waals surface area contributed by atoms with E-state index in [0.717, 1.165) is 6.07 Å². The molecule has 0 aliphatic rings. The number of benzene rings is 1. The molecule has 0 atom stereocenters. The fourth-order valence-corrected chi connectivity index (χ4v) is 1.09. The Kier molecular flexibility index (Phi) is 1.92. The highest BCUT2D eigenvalue weighted by Crippen LogP contribution is 2.28. The first-order chi connectivity index (χ1) is 6.66. The molecule has 0 fully saturated rings. The summed E-state index contributed by atoms with van der Waals surface area (Å²) in [6.45, 7) is 1.64. The standard InChI is InChI=1S/C9H7FN2O2/c1-5-11-12-9(14-5)7-3-2-6(10)4-8(7)13/h2-4,13H,1H3. The van der Waals surface area contributed by atoms with Crippen LogP contribution in [0.2, 0.25) is 0 Å². The van der Waals surface area contributed by atoms with Gasteiger partial charge in [0.05, 0.1) is 5.56 Å². The van der Waals surface area contributed by atoms with Gasteiger partial charge in [-0.2, -0.15) is 0 Å². The molecule has 14 heavy (non-hydrogen) atoms. The molecule has 0 saturated heterocycles. The number of hydrogen-bond acceptors (Lipinski definition) is 4. The van der Waals surface area contributed by atoms with Crippen molar-refractivity contribution in [1.29, 1.82) is 0 Å². The molecule has 0 aliphatic heterocycles. The normalized spacial score (nSPS) is 10.4. The van der Waals surface area contributed by atoms with E-state index in [1.807, 2.05) is 0 Å². The van der Waals surface area contributed by atoms with Crippen LogP contribution in [0.4, 0.5) is 4.39 Å². The largest absolute Gasteiger partial charge is 0.507 e. The highest BCUT2D eigenvalue weighted by atomic mass is 19.1. The Morgan fingerprint density at radius 3 is 2.71 bits per heavy atom. The molecule has 0 bridgehead atoms. The minimum Gasteiger partial charge on any atom is -0.507 e. The zero-order valence-corrected chi connectivity index (χ0v) is 7.36. The number of aryl methyl sites for hydroxylation is 1. The van der Waals surface area contributed by atoms with E-state index in [4.69, 9.17) is 4.42 Å². The smallest absolute Gasteiger partial charge is 0.251 e. The molecule has 4 nitrogen and oxygen atoms in total. The van der Waals surface area contributed by atoms with E-state index in [9.17, 15) is 9.50 Å². The monoisotopic (exact) mass is 194 g/mol. The summed E-state index contributed by atoms with van der Waals surface area (Å²) in [4.78, 5) is 0. The van der Waals surface area contributed by atoms with Crippen LogP contribution in [0.25, 0.3) is 11.5 Å². The van der Waals surface area contributed by atoms with Gasteiger partial charge >= 0.3 is 0 Å². The van der Waals surface area contributed by atoms with Gasteiger partial charge in [0.15, 0.2) is 0 Å². The van der Waals surface area contributed by atoms with Crippen LogP contribution in [0.15, 0.2) is 22.6 Å². The second-order valence-corrected chi connectivity index (χ2v) is 2.79. The predicted octanol–water partition coefficient (Wildman–Crippen LogP) is 1.89. The average molecular weight is 194 g/mol. The lowest BCUT2D eigenvalue weighted by Crippen LogP contribution is -1.81. The second kappa shape index (κ2) is 3.10. The summed E-state index contributed by atoms with van der Waals surface area (Å²) in [5.41, 5.74) is 0.326. The molecule has 1 heterocycles. The van der Waals surface area contributed by atoms with Crippen LogP contribution in [0.3, 0.4) is 0 Å². The molecule has 0 spiro atoms. The van der Waals surface area contributed by atoms with Crippen molar-refractivity contribution in [2.45, 2.75) is 6.92 Å². The summed E-state index contributed by atoms with van der Waals surface area (Å²) >= 11 is 0. The maximum atomic E-state index is 12.6. The Balaban J connectivity index is 2.52. The van der Waals surface area contributed by atoms with Gasteiger partial charge in [-0.15, -0.1) is 10.2 Å². The van der Waals surface area contributed by atoms with Crippen molar-refractivity contribution in [2.75, 3.05) is 0 Å². The highest BCUT2D eigenvalue weighted by molar-refractivity contribution is 5.61. The molecule has 2 rings (SSSR count). The third-order valence-corrected chi connectivity index (χ3v) is 1.72. The van der Waals surface area contributed by atoms with Gasteiger partial charge in [-0.05, 0) is 12.1 Å². The summed E-state index contributed by atoms with van der Waals surface area (Å²) in [5.74, 6) is -0.153. The van der Waals surface area contributed by atoms with Crippen LogP contribution < -0.4 is 0 Å². The molecular weight excluding hydrogens is 187 g/mol. The van der Waals surface area contributed by atoms with Crippen LogP contribution in [0.5, 0.6) is 5.75 Å². The lowest BCUT2D eigenvalue weighted by atomic mass is 10.2. The van der Waals surface area contributed by atoms with Gasteiger partial charge in [-0.1, -0.05) is 0 Å². The van der Waals surface area contributed by atoms with Gasteiger partial charge in [0, 0.05) is 13.0 Å². The van der Waals surface area contributed by atoms with Crippen molar-refractivity contribution in [3.63, 3.8) is 0 Å². The maximum Gasteiger partial charge on any atom is 0.251 e. The van der Waals surface area contributed by atoms with Gasteiger partial charge in [0.25, 0.3) is 5.89 Å². The Bertz CT molecular complexity index is 468. The Morgan fingerprint density at radius 1 is 1.36 bits per heavy atom. The van der Waals surface area contributed by atoms with Crippen molar-refractivity contribution in [2.24, 2.45) is 0 Å². The molecule has 1 N–H and O–H groups in total. The molecule has 1 aromatic heterocycles. The van der Waals surface area contributed by atoms with E-state index in [0.29, 0.717) is 11.5 Å². The van der Waals surface area contributed by atoms with Crippen LogP contribution >= 0.6 is 0 Å². The van der Waals surface area contributed by atoms with Crippen LogP contribution in [-0.4, -0.2) is 15.3 Å². The summed E-state index contributed by atoms with van der Waals surface area (Å²) in [7, 11) is 0. The lowest BCUT2D eigenvalue weighted by molar-refractivity contribution is 0.465. The first-order valence-corrected chi connectivity index (χ1v) is 3.96. The molecule has 0 radical (unpaired) electrons. The molecule has 0 aliphatic carbocycles. The van der Waals surface area contributed by atoms with E-state index in [-0.39, 0.29) is 11.6 Å². The Labute approximate surface area is 79.0 Å². The number of aromatic nitrogens is 2. The average Bonchev–Trinajstić information content (AvgIpc) is 2.51. The molecule has 0 saturated carbocycles. The third kappa shape index (κ3) is 1.44. The van der Waals surface area contributed by atoms with Crippen LogP contribution in [0.1, 0.15) is 5.89 Å². The van der Waals surface area contributed by atoms with Crippen molar-refractivity contribution in [3.05, 3.63) is 29.9 Å². The summed E-state index contributed by atoms with van der Waals surface area (Å²) < 4.78 is 17.7.